The Morgan fingerprint density at radius 3 is 2.12 bits per heavy atom. The highest BCUT2D eigenvalue weighted by molar-refractivity contribution is 5.93. The zero-order valence-electron chi connectivity index (χ0n) is 10.7. The molecule has 0 radical (unpaired) electrons. The molecule has 0 N–H and O–H groups in total. The average molecular weight is 228 g/mol. The summed E-state index contributed by atoms with van der Waals surface area (Å²) in [7, 11) is 0. The van der Waals surface area contributed by atoms with Gasteiger partial charge in [0.25, 0.3) is 0 Å². The Balaban J connectivity index is 3.38. The molecule has 0 atom stereocenters. The molecule has 0 bridgehead atoms. The largest absolute Gasteiger partial charge is 0.292 e. The van der Waals surface area contributed by atoms with Crippen molar-refractivity contribution in [1.82, 2.24) is 0 Å². The minimum Gasteiger partial charge on any atom is -0.292 e. The molecular formula is C14H25FO. The summed E-state index contributed by atoms with van der Waals surface area (Å²) in [5.41, 5.74) is 0. The highest BCUT2D eigenvalue weighted by Gasteiger charge is 2.06. The predicted octanol–water partition coefficient (Wildman–Crippen LogP) is 4.96. The highest BCUT2D eigenvalue weighted by Crippen LogP contribution is 2.11. The van der Waals surface area contributed by atoms with E-state index in [-0.39, 0.29) is 5.78 Å². The highest BCUT2D eigenvalue weighted by atomic mass is 19.1. The van der Waals surface area contributed by atoms with Gasteiger partial charge in [-0.3, -0.25) is 4.79 Å². The fourth-order valence-corrected chi connectivity index (χ4v) is 1.66. The Hall–Kier alpha value is -0.660. The monoisotopic (exact) mass is 228 g/mol. The minimum absolute atomic E-state index is 0.324. The third-order valence-corrected chi connectivity index (χ3v) is 2.66. The molecule has 0 saturated heterocycles. The van der Waals surface area contributed by atoms with Gasteiger partial charge >= 0.3 is 0 Å². The van der Waals surface area contributed by atoms with Crippen LogP contribution >= 0.6 is 0 Å². The third-order valence-electron chi connectivity index (χ3n) is 2.66. The molecule has 0 spiro atoms. The third kappa shape index (κ3) is 8.63. The number of Topliss-reactive ketones (excluding diaryl/α,β-unsaturated/α-hetero) is 1. The van der Waals surface area contributed by atoms with Crippen LogP contribution in [-0.4, -0.2) is 5.78 Å². The molecule has 0 aromatic rings. The van der Waals surface area contributed by atoms with E-state index >= 15 is 0 Å². The second-order valence-corrected chi connectivity index (χ2v) is 4.25. The van der Waals surface area contributed by atoms with Crippen LogP contribution in [0.1, 0.15) is 71.6 Å². The molecular weight excluding hydrogens is 203 g/mol. The van der Waals surface area contributed by atoms with Crippen molar-refractivity contribution >= 4 is 5.78 Å². The second-order valence-electron chi connectivity index (χ2n) is 4.25. The lowest BCUT2D eigenvalue weighted by Gasteiger charge is -2.00. The Morgan fingerprint density at radius 1 is 1.00 bits per heavy atom. The summed E-state index contributed by atoms with van der Waals surface area (Å²) >= 11 is 0. The van der Waals surface area contributed by atoms with Gasteiger partial charge in [0.1, 0.15) is 0 Å². The lowest BCUT2D eigenvalue weighted by molar-refractivity contribution is -0.117. The van der Waals surface area contributed by atoms with Gasteiger partial charge < -0.3 is 0 Å². The van der Waals surface area contributed by atoms with Crippen LogP contribution in [0.5, 0.6) is 0 Å². The molecule has 0 aromatic heterocycles. The summed E-state index contributed by atoms with van der Waals surface area (Å²) in [6, 6.07) is 0. The SMILES string of the molecule is CC/C=C(\F)C(=O)CCCCCCCCC. The van der Waals surface area contributed by atoms with Crippen molar-refractivity contribution in [2.45, 2.75) is 71.6 Å². The van der Waals surface area contributed by atoms with E-state index < -0.39 is 5.83 Å². The number of hydrogen-bond acceptors (Lipinski definition) is 1. The molecule has 0 unspecified atom stereocenters. The quantitative estimate of drug-likeness (QED) is 0.381. The first-order chi connectivity index (χ1) is 7.72. The molecule has 0 aliphatic carbocycles. The summed E-state index contributed by atoms with van der Waals surface area (Å²) in [6.45, 7) is 4.03. The molecule has 0 heterocycles. The van der Waals surface area contributed by atoms with Gasteiger partial charge in [-0.25, -0.2) is 4.39 Å². The van der Waals surface area contributed by atoms with Gasteiger partial charge in [-0.05, 0) is 18.9 Å². The fourth-order valence-electron chi connectivity index (χ4n) is 1.66. The van der Waals surface area contributed by atoms with Crippen molar-refractivity contribution in [2.24, 2.45) is 0 Å². The van der Waals surface area contributed by atoms with Crippen LogP contribution in [0.25, 0.3) is 0 Å². The number of carbonyl (C=O) groups excluding carboxylic acids is 1. The molecule has 16 heavy (non-hydrogen) atoms. The number of unbranched alkanes of at least 4 members (excludes halogenated alkanes) is 6. The zero-order valence-corrected chi connectivity index (χ0v) is 10.7. The normalized spacial score (nSPS) is 11.8. The molecule has 94 valence electrons. The van der Waals surface area contributed by atoms with Gasteiger partial charge in [0, 0.05) is 6.42 Å². The first kappa shape index (κ1) is 15.3. The molecule has 0 aromatic carbocycles. The summed E-state index contributed by atoms with van der Waals surface area (Å²) in [4.78, 5) is 11.2. The fraction of sp³-hybridized carbons (Fsp3) is 0.786. The van der Waals surface area contributed by atoms with Gasteiger partial charge in [0.2, 0.25) is 0 Å². The van der Waals surface area contributed by atoms with Crippen molar-refractivity contribution in [3.8, 4) is 0 Å². The van der Waals surface area contributed by atoms with Crippen LogP contribution in [0, 0.1) is 0 Å². The van der Waals surface area contributed by atoms with Crippen LogP contribution in [-0.2, 0) is 4.79 Å². The van der Waals surface area contributed by atoms with Crippen LogP contribution in [0.4, 0.5) is 4.39 Å². The maximum atomic E-state index is 13.0. The van der Waals surface area contributed by atoms with E-state index in [1.165, 1.54) is 38.2 Å². The van der Waals surface area contributed by atoms with Crippen LogP contribution in [0.15, 0.2) is 11.9 Å². The van der Waals surface area contributed by atoms with Crippen LogP contribution in [0.3, 0.4) is 0 Å². The van der Waals surface area contributed by atoms with Crippen molar-refractivity contribution in [3.63, 3.8) is 0 Å². The Kier molecular flexibility index (Phi) is 10.4. The topological polar surface area (TPSA) is 17.1 Å². The molecule has 0 fully saturated rings. The van der Waals surface area contributed by atoms with Crippen molar-refractivity contribution < 1.29 is 9.18 Å². The van der Waals surface area contributed by atoms with Crippen LogP contribution < -0.4 is 0 Å². The zero-order chi connectivity index (χ0) is 12.2. The number of allylic oxidation sites excluding steroid dienone is 2. The lowest BCUT2D eigenvalue weighted by atomic mass is 10.1. The van der Waals surface area contributed by atoms with Crippen molar-refractivity contribution in [3.05, 3.63) is 11.9 Å². The number of halogens is 1. The summed E-state index contributed by atoms with van der Waals surface area (Å²) in [6.07, 6.45) is 10.5. The standard InChI is InChI=1S/C14H25FO/c1-3-5-6-7-8-9-10-12-14(16)13(15)11-4-2/h11H,3-10,12H2,1-2H3/b13-11-. The number of hydrogen-bond donors (Lipinski definition) is 0. The molecule has 0 aliphatic rings. The van der Waals surface area contributed by atoms with E-state index in [1.54, 1.807) is 0 Å². The van der Waals surface area contributed by atoms with Crippen LogP contribution in [0.2, 0.25) is 0 Å². The van der Waals surface area contributed by atoms with Gasteiger partial charge in [0.15, 0.2) is 11.6 Å². The summed E-state index contributed by atoms with van der Waals surface area (Å²) < 4.78 is 13.0. The van der Waals surface area contributed by atoms with Gasteiger partial charge in [0.05, 0.1) is 0 Å². The van der Waals surface area contributed by atoms with Gasteiger partial charge in [-0.1, -0.05) is 52.4 Å². The molecule has 0 rings (SSSR count). The van der Waals surface area contributed by atoms with Crippen molar-refractivity contribution in [2.75, 3.05) is 0 Å². The maximum absolute atomic E-state index is 13.0. The molecule has 0 saturated carbocycles. The van der Waals surface area contributed by atoms with E-state index in [0.717, 1.165) is 12.8 Å². The predicted molar refractivity (Wildman–Crippen MR) is 67.1 cm³/mol. The molecule has 2 heteroatoms. The number of rotatable bonds is 10. The minimum atomic E-state index is -0.548. The van der Waals surface area contributed by atoms with E-state index in [9.17, 15) is 9.18 Å². The summed E-state index contributed by atoms with van der Waals surface area (Å²) in [5, 5.41) is 0. The first-order valence-corrected chi connectivity index (χ1v) is 6.61. The smallest absolute Gasteiger partial charge is 0.190 e. The van der Waals surface area contributed by atoms with E-state index in [4.69, 9.17) is 0 Å². The Bertz CT molecular complexity index is 209. The van der Waals surface area contributed by atoms with Gasteiger partial charge in [-0.15, -0.1) is 0 Å². The summed E-state index contributed by atoms with van der Waals surface area (Å²) in [5.74, 6) is -0.871. The Labute approximate surface area is 99.1 Å². The number of ketones is 1. The molecule has 0 aliphatic heterocycles. The molecule has 0 amide bonds. The second kappa shape index (κ2) is 10.8. The van der Waals surface area contributed by atoms with E-state index in [2.05, 4.69) is 6.92 Å². The van der Waals surface area contributed by atoms with Gasteiger partial charge in [-0.2, -0.15) is 0 Å². The van der Waals surface area contributed by atoms with E-state index in [1.807, 2.05) is 6.92 Å². The lowest BCUT2D eigenvalue weighted by Crippen LogP contribution is -1.98. The average Bonchev–Trinajstić information content (AvgIpc) is 2.28. The van der Waals surface area contributed by atoms with Crippen molar-refractivity contribution in [1.29, 1.82) is 0 Å². The number of carbonyl (C=O) groups is 1. The first-order valence-electron chi connectivity index (χ1n) is 6.61. The molecule has 1 nitrogen and oxygen atoms in total. The van der Waals surface area contributed by atoms with E-state index in [0.29, 0.717) is 12.8 Å². The Morgan fingerprint density at radius 2 is 1.56 bits per heavy atom. The maximum Gasteiger partial charge on any atom is 0.190 e.